The van der Waals surface area contributed by atoms with E-state index in [1.807, 2.05) is 0 Å². The van der Waals surface area contributed by atoms with Gasteiger partial charge in [0.25, 0.3) is 0 Å². The van der Waals surface area contributed by atoms with E-state index in [1.165, 1.54) is 27.8 Å². The first-order valence-corrected chi connectivity index (χ1v) is 7.79. The highest BCUT2D eigenvalue weighted by Crippen LogP contribution is 2.50. The molecule has 0 amide bonds. The number of likely N-dealkylation sites (tertiary alicyclic amines) is 1. The molecule has 0 spiro atoms. The van der Waals surface area contributed by atoms with Crippen molar-refractivity contribution in [2.24, 2.45) is 5.92 Å². The van der Waals surface area contributed by atoms with E-state index in [2.05, 4.69) is 66.9 Å². The number of rotatable bonds is 2. The summed E-state index contributed by atoms with van der Waals surface area (Å²) in [5.74, 6) is 1.26. The van der Waals surface area contributed by atoms with Gasteiger partial charge in [-0.2, -0.15) is 0 Å². The van der Waals surface area contributed by atoms with Gasteiger partial charge in [-0.25, -0.2) is 0 Å². The molecular formula is C20H21N. The number of hydrogen-bond acceptors (Lipinski definition) is 1. The van der Waals surface area contributed by atoms with Crippen LogP contribution in [0.25, 0.3) is 5.57 Å². The molecule has 0 bridgehead atoms. The van der Waals surface area contributed by atoms with E-state index in [9.17, 15) is 0 Å². The third kappa shape index (κ3) is 2.04. The monoisotopic (exact) mass is 275 g/mol. The maximum atomic E-state index is 4.41. The lowest BCUT2D eigenvalue weighted by Crippen LogP contribution is -2.21. The van der Waals surface area contributed by atoms with Crippen LogP contribution in [0.3, 0.4) is 0 Å². The van der Waals surface area contributed by atoms with Gasteiger partial charge in [-0.15, -0.1) is 0 Å². The van der Waals surface area contributed by atoms with E-state index < -0.39 is 0 Å². The standard InChI is InChI=1S/C20H21N/c1-14-7-6-10-17-19-13-21(11-16-8-4-3-5-9-16)12-18(19)15(2)20(14)17/h3-10,18-19H,2,11-13H2,1H3. The summed E-state index contributed by atoms with van der Waals surface area (Å²) < 4.78 is 0. The molecule has 4 rings (SSSR count). The molecule has 2 aromatic carbocycles. The molecule has 0 N–H and O–H groups in total. The highest BCUT2D eigenvalue weighted by atomic mass is 15.2. The largest absolute Gasteiger partial charge is 0.298 e. The predicted molar refractivity (Wildman–Crippen MR) is 88.2 cm³/mol. The Balaban J connectivity index is 1.59. The molecule has 1 aliphatic heterocycles. The summed E-state index contributed by atoms with van der Waals surface area (Å²) in [5, 5.41) is 0. The average Bonchev–Trinajstić information content (AvgIpc) is 3.01. The van der Waals surface area contributed by atoms with E-state index in [4.69, 9.17) is 0 Å². The van der Waals surface area contributed by atoms with Crippen LogP contribution in [0.2, 0.25) is 0 Å². The van der Waals surface area contributed by atoms with Crippen LogP contribution >= 0.6 is 0 Å². The molecule has 0 aromatic heterocycles. The highest BCUT2D eigenvalue weighted by molar-refractivity contribution is 5.77. The molecule has 1 saturated heterocycles. The molecule has 0 saturated carbocycles. The van der Waals surface area contributed by atoms with Crippen molar-refractivity contribution in [1.29, 1.82) is 0 Å². The summed E-state index contributed by atoms with van der Waals surface area (Å²) in [7, 11) is 0. The molecule has 1 fully saturated rings. The van der Waals surface area contributed by atoms with Crippen molar-refractivity contribution in [1.82, 2.24) is 4.90 Å². The van der Waals surface area contributed by atoms with Crippen molar-refractivity contribution in [2.45, 2.75) is 19.4 Å². The van der Waals surface area contributed by atoms with Crippen molar-refractivity contribution in [2.75, 3.05) is 13.1 Å². The zero-order valence-electron chi connectivity index (χ0n) is 12.5. The Morgan fingerprint density at radius 2 is 1.76 bits per heavy atom. The van der Waals surface area contributed by atoms with Gasteiger partial charge in [0, 0.05) is 31.5 Å². The average molecular weight is 275 g/mol. The lowest BCUT2D eigenvalue weighted by molar-refractivity contribution is 0.321. The molecular weight excluding hydrogens is 254 g/mol. The van der Waals surface area contributed by atoms with Crippen LogP contribution in [0, 0.1) is 12.8 Å². The van der Waals surface area contributed by atoms with Gasteiger partial charge < -0.3 is 0 Å². The fraction of sp³-hybridized carbons (Fsp3) is 0.300. The second kappa shape index (κ2) is 4.85. The maximum absolute atomic E-state index is 4.41. The molecule has 2 atom stereocenters. The molecule has 1 nitrogen and oxygen atoms in total. The van der Waals surface area contributed by atoms with Gasteiger partial charge in [-0.05, 0) is 34.8 Å². The SMILES string of the molecule is C=C1c2c(C)cccc2C2CN(Cc3ccccc3)CC12. The maximum Gasteiger partial charge on any atom is 0.0234 e. The number of aryl methyl sites for hydroxylation is 1. The minimum absolute atomic E-state index is 0.616. The Morgan fingerprint density at radius 3 is 2.57 bits per heavy atom. The molecule has 2 unspecified atom stereocenters. The third-order valence-corrected chi connectivity index (χ3v) is 5.12. The zero-order chi connectivity index (χ0) is 14.4. The Kier molecular flexibility index (Phi) is 2.97. The van der Waals surface area contributed by atoms with Crippen LogP contribution in [0.4, 0.5) is 0 Å². The van der Waals surface area contributed by atoms with Gasteiger partial charge >= 0.3 is 0 Å². The molecule has 1 aliphatic carbocycles. The van der Waals surface area contributed by atoms with E-state index in [1.54, 1.807) is 0 Å². The molecule has 0 radical (unpaired) electrons. The quantitative estimate of drug-likeness (QED) is 0.792. The predicted octanol–water partition coefficient (Wildman–Crippen LogP) is 4.24. The van der Waals surface area contributed by atoms with E-state index >= 15 is 0 Å². The first-order chi connectivity index (χ1) is 10.2. The zero-order valence-corrected chi connectivity index (χ0v) is 12.5. The Morgan fingerprint density at radius 1 is 1.00 bits per heavy atom. The third-order valence-electron chi connectivity index (χ3n) is 5.12. The lowest BCUT2D eigenvalue weighted by Gasteiger charge is -2.18. The number of fused-ring (bicyclic) bond motifs is 3. The topological polar surface area (TPSA) is 3.24 Å². The first kappa shape index (κ1) is 12.8. The molecule has 1 heteroatoms. The van der Waals surface area contributed by atoms with Crippen LogP contribution in [0.5, 0.6) is 0 Å². The lowest BCUT2D eigenvalue weighted by atomic mass is 9.95. The summed E-state index contributed by atoms with van der Waals surface area (Å²) in [6.45, 7) is 9.99. The Bertz CT molecular complexity index is 686. The molecule has 2 aliphatic rings. The summed E-state index contributed by atoms with van der Waals surface area (Å²) >= 11 is 0. The fourth-order valence-electron chi connectivity index (χ4n) is 4.15. The van der Waals surface area contributed by atoms with Gasteiger partial charge in [-0.1, -0.05) is 55.1 Å². The van der Waals surface area contributed by atoms with Crippen LogP contribution < -0.4 is 0 Å². The second-order valence-corrected chi connectivity index (χ2v) is 6.46. The van der Waals surface area contributed by atoms with Crippen molar-refractivity contribution in [3.63, 3.8) is 0 Å². The molecule has 2 aromatic rings. The van der Waals surface area contributed by atoms with Crippen molar-refractivity contribution < 1.29 is 0 Å². The molecule has 1 heterocycles. The van der Waals surface area contributed by atoms with Crippen LogP contribution in [-0.2, 0) is 6.54 Å². The Hall–Kier alpha value is -1.86. The minimum Gasteiger partial charge on any atom is -0.298 e. The van der Waals surface area contributed by atoms with Crippen LogP contribution in [0.1, 0.15) is 28.2 Å². The van der Waals surface area contributed by atoms with Gasteiger partial charge in [0.15, 0.2) is 0 Å². The summed E-state index contributed by atoms with van der Waals surface area (Å²) in [6, 6.07) is 17.5. The number of nitrogens with zero attached hydrogens (tertiary/aromatic N) is 1. The Labute approximate surface area is 126 Å². The summed E-state index contributed by atoms with van der Waals surface area (Å²) in [5.41, 5.74) is 7.14. The summed E-state index contributed by atoms with van der Waals surface area (Å²) in [4.78, 5) is 2.58. The highest BCUT2D eigenvalue weighted by Gasteiger charge is 2.42. The van der Waals surface area contributed by atoms with E-state index in [0.717, 1.165) is 19.6 Å². The summed E-state index contributed by atoms with van der Waals surface area (Å²) in [6.07, 6.45) is 0. The smallest absolute Gasteiger partial charge is 0.0234 e. The van der Waals surface area contributed by atoms with Crippen molar-refractivity contribution in [3.8, 4) is 0 Å². The van der Waals surface area contributed by atoms with Crippen LogP contribution in [0.15, 0.2) is 55.1 Å². The molecule has 106 valence electrons. The first-order valence-electron chi connectivity index (χ1n) is 7.79. The van der Waals surface area contributed by atoms with Crippen molar-refractivity contribution >= 4 is 5.57 Å². The normalized spacial score (nSPS) is 24.1. The fourth-order valence-corrected chi connectivity index (χ4v) is 4.15. The van der Waals surface area contributed by atoms with Crippen molar-refractivity contribution in [3.05, 3.63) is 77.4 Å². The van der Waals surface area contributed by atoms with Gasteiger partial charge in [0.1, 0.15) is 0 Å². The molecule has 21 heavy (non-hydrogen) atoms. The minimum atomic E-state index is 0.616. The van der Waals surface area contributed by atoms with Gasteiger partial charge in [0.2, 0.25) is 0 Å². The van der Waals surface area contributed by atoms with Gasteiger partial charge in [-0.3, -0.25) is 4.90 Å². The van der Waals surface area contributed by atoms with Gasteiger partial charge in [0.05, 0.1) is 0 Å². The van der Waals surface area contributed by atoms with E-state index in [-0.39, 0.29) is 0 Å². The van der Waals surface area contributed by atoms with Crippen LogP contribution in [-0.4, -0.2) is 18.0 Å². The van der Waals surface area contributed by atoms with E-state index in [0.29, 0.717) is 11.8 Å². The number of hydrogen-bond donors (Lipinski definition) is 0. The number of benzene rings is 2. The second-order valence-electron chi connectivity index (χ2n) is 6.46.